The molecular weight excluding hydrogens is 245 g/mol. The molecule has 2 atom stereocenters. The highest BCUT2D eigenvalue weighted by Crippen LogP contribution is 2.43. The van der Waals surface area contributed by atoms with Crippen molar-refractivity contribution in [2.75, 3.05) is 48.0 Å². The zero-order valence-electron chi connectivity index (χ0n) is 11.4. The Labute approximate surface area is 104 Å². The number of methoxy groups -OCH3 is 1. The minimum atomic E-state index is -3.95. The Morgan fingerprint density at radius 1 is 1.29 bits per heavy atom. The van der Waals surface area contributed by atoms with Crippen LogP contribution in [0.1, 0.15) is 13.3 Å². The first-order chi connectivity index (χ1) is 7.70. The van der Waals surface area contributed by atoms with E-state index in [0.717, 1.165) is 6.42 Å². The van der Waals surface area contributed by atoms with Crippen LogP contribution in [0.3, 0.4) is 0 Å². The normalized spacial score (nSPS) is 17.8. The molecule has 0 radical (unpaired) electrons. The fraction of sp³-hybridized carbons (Fsp3) is 1.00. The van der Waals surface area contributed by atoms with Crippen LogP contribution >= 0.6 is 7.82 Å². The molecule has 0 aromatic rings. The van der Waals surface area contributed by atoms with Gasteiger partial charge in [0.25, 0.3) is 0 Å². The number of likely N-dealkylation sites (N-methyl/N-ethyl adjacent to an activating group) is 1. The molecule has 0 aliphatic rings. The molecule has 0 amide bonds. The molecule has 6 nitrogen and oxygen atoms in total. The van der Waals surface area contributed by atoms with E-state index in [-0.39, 0.29) is 19.3 Å². The first kappa shape index (κ1) is 17.0. The number of hydrogen-bond acceptors (Lipinski definition) is 4. The van der Waals surface area contributed by atoms with Crippen LogP contribution in [-0.4, -0.2) is 63.5 Å². The molecule has 17 heavy (non-hydrogen) atoms. The minimum Gasteiger partial charge on any atom is -0.379 e. The second-order valence-electron chi connectivity index (χ2n) is 4.88. The van der Waals surface area contributed by atoms with Crippen LogP contribution < -0.4 is 0 Å². The lowest BCUT2D eigenvalue weighted by Gasteiger charge is -2.24. The minimum absolute atomic E-state index is 0.0607. The molecule has 0 heterocycles. The molecule has 0 aliphatic heterocycles. The molecule has 0 rings (SSSR count). The Morgan fingerprint density at radius 3 is 2.29 bits per heavy atom. The Hall–Kier alpha value is 0.0300. The van der Waals surface area contributed by atoms with E-state index in [9.17, 15) is 9.46 Å². The van der Waals surface area contributed by atoms with Crippen LogP contribution in [0.15, 0.2) is 0 Å². The van der Waals surface area contributed by atoms with Crippen LogP contribution in [0.2, 0.25) is 0 Å². The third kappa shape index (κ3) is 9.71. The van der Waals surface area contributed by atoms with Crippen LogP contribution in [0.5, 0.6) is 0 Å². The number of phosphoric acid groups is 1. The molecule has 104 valence electrons. The lowest BCUT2D eigenvalue weighted by molar-refractivity contribution is -0.870. The van der Waals surface area contributed by atoms with Crippen molar-refractivity contribution in [2.45, 2.75) is 19.4 Å². The maximum atomic E-state index is 11.5. The van der Waals surface area contributed by atoms with Crippen molar-refractivity contribution in [1.29, 1.82) is 0 Å². The molecule has 0 fully saturated rings. The van der Waals surface area contributed by atoms with E-state index >= 15 is 0 Å². The number of nitrogens with zero attached hydrogens (tertiary/aromatic N) is 1. The summed E-state index contributed by atoms with van der Waals surface area (Å²) in [7, 11) is 3.52. The smallest absolute Gasteiger partial charge is 0.379 e. The first-order valence-electron chi connectivity index (χ1n) is 5.65. The van der Waals surface area contributed by atoms with Gasteiger partial charge in [0.15, 0.2) is 0 Å². The quantitative estimate of drug-likeness (QED) is 0.504. The highest BCUT2D eigenvalue weighted by Gasteiger charge is 2.23. The lowest BCUT2D eigenvalue weighted by Crippen LogP contribution is -2.37. The van der Waals surface area contributed by atoms with Gasteiger partial charge in [0.2, 0.25) is 0 Å². The number of ether oxygens (including phenoxy) is 1. The van der Waals surface area contributed by atoms with Crippen molar-refractivity contribution >= 4 is 7.82 Å². The molecular formula is C10H25NO5P+. The Bertz CT molecular complexity index is 250. The number of hydrogen-bond donors (Lipinski definition) is 1. The first-order valence-corrected chi connectivity index (χ1v) is 7.15. The van der Waals surface area contributed by atoms with Crippen LogP contribution in [-0.2, 0) is 18.3 Å². The van der Waals surface area contributed by atoms with E-state index in [2.05, 4.69) is 0 Å². The van der Waals surface area contributed by atoms with Gasteiger partial charge in [-0.05, 0) is 6.42 Å². The summed E-state index contributed by atoms with van der Waals surface area (Å²) in [6, 6.07) is 0. The number of phosphoric ester groups is 1. The third-order valence-corrected chi connectivity index (χ3v) is 3.21. The SMILES string of the molecule is CC[C@H](COP(=O)(O)OCC[N+](C)(C)C)OC. The largest absolute Gasteiger partial charge is 0.472 e. The topological polar surface area (TPSA) is 65.0 Å². The number of quaternary nitrogens is 1. The van der Waals surface area contributed by atoms with Gasteiger partial charge in [-0.1, -0.05) is 6.92 Å². The predicted octanol–water partition coefficient (Wildman–Crippen LogP) is 1.25. The standard InChI is InChI=1S/C10H24NO5P/c1-6-10(14-5)9-16-17(12,13)15-8-7-11(2,3)4/h10H,6-9H2,1-5H3/p+1/t10-/m1/s1. The lowest BCUT2D eigenvalue weighted by atomic mass is 10.3. The molecule has 1 unspecified atom stereocenters. The van der Waals surface area contributed by atoms with Crippen molar-refractivity contribution in [3.63, 3.8) is 0 Å². The molecule has 1 N–H and O–H groups in total. The summed E-state index contributed by atoms with van der Waals surface area (Å²) in [5.74, 6) is 0. The van der Waals surface area contributed by atoms with Crippen LogP contribution in [0, 0.1) is 0 Å². The van der Waals surface area contributed by atoms with Gasteiger partial charge in [0.1, 0.15) is 13.2 Å². The van der Waals surface area contributed by atoms with Gasteiger partial charge in [0, 0.05) is 7.11 Å². The highest BCUT2D eigenvalue weighted by atomic mass is 31.2. The molecule has 0 aliphatic carbocycles. The van der Waals surface area contributed by atoms with Gasteiger partial charge >= 0.3 is 7.82 Å². The van der Waals surface area contributed by atoms with E-state index in [1.165, 1.54) is 7.11 Å². The fourth-order valence-electron chi connectivity index (χ4n) is 0.997. The van der Waals surface area contributed by atoms with E-state index in [4.69, 9.17) is 13.8 Å². The van der Waals surface area contributed by atoms with E-state index in [1.807, 2.05) is 28.1 Å². The van der Waals surface area contributed by atoms with Crippen molar-refractivity contribution in [1.82, 2.24) is 0 Å². The zero-order valence-corrected chi connectivity index (χ0v) is 12.3. The van der Waals surface area contributed by atoms with Gasteiger partial charge < -0.3 is 14.1 Å². The maximum Gasteiger partial charge on any atom is 0.472 e. The maximum absolute atomic E-state index is 11.5. The van der Waals surface area contributed by atoms with E-state index in [1.54, 1.807) is 0 Å². The van der Waals surface area contributed by atoms with Crippen molar-refractivity contribution in [3.05, 3.63) is 0 Å². The highest BCUT2D eigenvalue weighted by molar-refractivity contribution is 7.47. The van der Waals surface area contributed by atoms with Crippen LogP contribution in [0.25, 0.3) is 0 Å². The zero-order chi connectivity index (χ0) is 13.5. The molecule has 0 aromatic carbocycles. The van der Waals surface area contributed by atoms with Crippen molar-refractivity contribution in [3.8, 4) is 0 Å². The van der Waals surface area contributed by atoms with Crippen LogP contribution in [0.4, 0.5) is 0 Å². The summed E-state index contributed by atoms with van der Waals surface area (Å²) in [4.78, 5) is 9.40. The summed E-state index contributed by atoms with van der Waals surface area (Å²) in [5, 5.41) is 0. The summed E-state index contributed by atoms with van der Waals surface area (Å²) < 4.78 is 26.9. The van der Waals surface area contributed by atoms with E-state index < -0.39 is 7.82 Å². The van der Waals surface area contributed by atoms with Gasteiger partial charge in [-0.25, -0.2) is 4.57 Å². The van der Waals surface area contributed by atoms with Gasteiger partial charge in [-0.3, -0.25) is 9.05 Å². The van der Waals surface area contributed by atoms with Gasteiger partial charge in [-0.15, -0.1) is 0 Å². The molecule has 0 bridgehead atoms. The van der Waals surface area contributed by atoms with E-state index in [0.29, 0.717) is 11.0 Å². The predicted molar refractivity (Wildman–Crippen MR) is 65.7 cm³/mol. The molecule has 0 aromatic heterocycles. The second kappa shape index (κ2) is 7.46. The summed E-state index contributed by atoms with van der Waals surface area (Å²) in [5.41, 5.74) is 0. The third-order valence-electron chi connectivity index (χ3n) is 2.23. The Kier molecular flexibility index (Phi) is 7.47. The number of rotatable bonds is 9. The monoisotopic (exact) mass is 270 g/mol. The molecule has 0 saturated carbocycles. The van der Waals surface area contributed by atoms with Crippen molar-refractivity contribution in [2.24, 2.45) is 0 Å². The molecule has 0 spiro atoms. The summed E-state index contributed by atoms with van der Waals surface area (Å²) >= 11 is 0. The summed E-state index contributed by atoms with van der Waals surface area (Å²) in [6.07, 6.45) is 0.535. The average Bonchev–Trinajstić information content (AvgIpc) is 2.16. The van der Waals surface area contributed by atoms with Gasteiger partial charge in [-0.2, -0.15) is 0 Å². The molecule has 0 saturated heterocycles. The molecule has 7 heteroatoms. The average molecular weight is 270 g/mol. The van der Waals surface area contributed by atoms with Crippen molar-refractivity contribution < 1.29 is 27.7 Å². The summed E-state index contributed by atoms with van der Waals surface area (Å²) in [6.45, 7) is 2.79. The van der Waals surface area contributed by atoms with Gasteiger partial charge in [0.05, 0.1) is 33.9 Å². The fourth-order valence-corrected chi connectivity index (χ4v) is 1.74. The second-order valence-corrected chi connectivity index (χ2v) is 6.33. The Balaban J connectivity index is 3.92. The Morgan fingerprint density at radius 2 is 1.88 bits per heavy atom.